The molecule has 0 aliphatic rings. The molecule has 1 unspecified atom stereocenters. The number of carbonyl (C=O) groups excluding carboxylic acids is 1. The zero-order valence-electron chi connectivity index (χ0n) is 5.48. The summed E-state index contributed by atoms with van der Waals surface area (Å²) in [6, 6.07) is 0. The summed E-state index contributed by atoms with van der Waals surface area (Å²) >= 11 is 0. The standard InChI is InChI=1S/C5H7NO5/c6-4(9)2(5(10)11)1-3(7)8/h2H,1H2,(H2,6,9)(H,7,8)(H,10,11). The van der Waals surface area contributed by atoms with E-state index in [0.29, 0.717) is 0 Å². The largest absolute Gasteiger partial charge is 0.481 e. The van der Waals surface area contributed by atoms with Gasteiger partial charge in [0.2, 0.25) is 5.91 Å². The summed E-state index contributed by atoms with van der Waals surface area (Å²) in [5, 5.41) is 16.3. The Bertz CT molecular complexity index is 185. The molecule has 0 aromatic rings. The highest BCUT2D eigenvalue weighted by atomic mass is 16.4. The van der Waals surface area contributed by atoms with Crippen LogP contribution >= 0.6 is 0 Å². The molecule has 1 amide bonds. The van der Waals surface area contributed by atoms with Crippen molar-refractivity contribution in [2.24, 2.45) is 11.7 Å². The quantitative estimate of drug-likeness (QED) is 0.440. The van der Waals surface area contributed by atoms with E-state index >= 15 is 0 Å². The molecule has 1 atom stereocenters. The molecule has 11 heavy (non-hydrogen) atoms. The predicted molar refractivity (Wildman–Crippen MR) is 32.6 cm³/mol. The lowest BCUT2D eigenvalue weighted by molar-refractivity contribution is -0.152. The second-order valence-corrected chi connectivity index (χ2v) is 1.89. The number of carboxylic acids is 2. The topological polar surface area (TPSA) is 118 Å². The van der Waals surface area contributed by atoms with E-state index in [1.165, 1.54) is 0 Å². The normalized spacial score (nSPS) is 12.0. The van der Waals surface area contributed by atoms with Crippen LogP contribution < -0.4 is 5.73 Å². The molecule has 4 N–H and O–H groups in total. The molecule has 6 nitrogen and oxygen atoms in total. The summed E-state index contributed by atoms with van der Waals surface area (Å²) < 4.78 is 0. The van der Waals surface area contributed by atoms with Gasteiger partial charge in [0, 0.05) is 0 Å². The van der Waals surface area contributed by atoms with Crippen molar-refractivity contribution in [2.75, 3.05) is 0 Å². The fourth-order valence-electron chi connectivity index (χ4n) is 0.484. The van der Waals surface area contributed by atoms with E-state index in [4.69, 9.17) is 10.2 Å². The molecule has 0 rings (SSSR count). The molecule has 0 aliphatic carbocycles. The third kappa shape index (κ3) is 3.19. The first kappa shape index (κ1) is 9.41. The minimum absolute atomic E-state index is 0.773. The van der Waals surface area contributed by atoms with Gasteiger partial charge < -0.3 is 15.9 Å². The van der Waals surface area contributed by atoms with Gasteiger partial charge in [-0.25, -0.2) is 0 Å². The predicted octanol–water partition coefficient (Wildman–Crippen LogP) is -1.35. The smallest absolute Gasteiger partial charge is 0.316 e. The third-order valence-electron chi connectivity index (χ3n) is 1.02. The Morgan fingerprint density at radius 3 is 1.82 bits per heavy atom. The van der Waals surface area contributed by atoms with Crippen LogP contribution in [0.4, 0.5) is 0 Å². The molecule has 62 valence electrons. The zero-order valence-corrected chi connectivity index (χ0v) is 5.48. The van der Waals surface area contributed by atoms with Gasteiger partial charge in [0.25, 0.3) is 0 Å². The van der Waals surface area contributed by atoms with Crippen LogP contribution in [0.1, 0.15) is 6.42 Å². The molecule has 0 aromatic heterocycles. The highest BCUT2D eigenvalue weighted by Gasteiger charge is 2.26. The van der Waals surface area contributed by atoms with Crippen molar-refractivity contribution in [1.82, 2.24) is 0 Å². The summed E-state index contributed by atoms with van der Waals surface area (Å²) in [5.74, 6) is -5.65. The summed E-state index contributed by atoms with van der Waals surface area (Å²) in [6.07, 6.45) is -0.773. The molecule has 0 radical (unpaired) electrons. The lowest BCUT2D eigenvalue weighted by Crippen LogP contribution is -2.31. The second kappa shape index (κ2) is 3.55. The first-order chi connectivity index (χ1) is 4.95. The maximum absolute atomic E-state index is 10.3. The van der Waals surface area contributed by atoms with Crippen LogP contribution in [-0.2, 0) is 14.4 Å². The van der Waals surface area contributed by atoms with E-state index in [2.05, 4.69) is 5.73 Å². The fourth-order valence-corrected chi connectivity index (χ4v) is 0.484. The number of primary amides is 1. The molecule has 0 aliphatic heterocycles. The first-order valence-corrected chi connectivity index (χ1v) is 2.69. The first-order valence-electron chi connectivity index (χ1n) is 2.69. The monoisotopic (exact) mass is 161 g/mol. The molecule has 0 aromatic carbocycles. The fraction of sp³-hybridized carbons (Fsp3) is 0.400. The Morgan fingerprint density at radius 2 is 1.73 bits per heavy atom. The molecule has 0 saturated carbocycles. The molecule has 0 heterocycles. The maximum Gasteiger partial charge on any atom is 0.316 e. The number of aliphatic carboxylic acids is 2. The molecule has 6 heteroatoms. The summed E-state index contributed by atoms with van der Waals surface area (Å²) in [7, 11) is 0. The average Bonchev–Trinajstić information content (AvgIpc) is 1.81. The molecular formula is C5H7NO5. The molecule has 0 spiro atoms. The summed E-state index contributed by atoms with van der Waals surface area (Å²) in [6.45, 7) is 0. The number of rotatable bonds is 4. The van der Waals surface area contributed by atoms with Crippen LogP contribution in [0.3, 0.4) is 0 Å². The number of amides is 1. The van der Waals surface area contributed by atoms with Crippen LogP contribution in [0.5, 0.6) is 0 Å². The van der Waals surface area contributed by atoms with Crippen LogP contribution in [-0.4, -0.2) is 28.1 Å². The van der Waals surface area contributed by atoms with Gasteiger partial charge in [-0.1, -0.05) is 0 Å². The molecular weight excluding hydrogens is 154 g/mol. The van der Waals surface area contributed by atoms with Crippen molar-refractivity contribution >= 4 is 17.8 Å². The van der Waals surface area contributed by atoms with E-state index in [0.717, 1.165) is 0 Å². The van der Waals surface area contributed by atoms with Crippen molar-refractivity contribution in [1.29, 1.82) is 0 Å². The van der Waals surface area contributed by atoms with Crippen molar-refractivity contribution < 1.29 is 24.6 Å². The van der Waals surface area contributed by atoms with E-state index < -0.39 is 30.2 Å². The zero-order chi connectivity index (χ0) is 9.02. The van der Waals surface area contributed by atoms with Gasteiger partial charge in [-0.05, 0) is 0 Å². The van der Waals surface area contributed by atoms with Gasteiger partial charge in [0.15, 0.2) is 0 Å². The van der Waals surface area contributed by atoms with E-state index in [1.54, 1.807) is 0 Å². The van der Waals surface area contributed by atoms with Gasteiger partial charge in [0.05, 0.1) is 6.42 Å². The Hall–Kier alpha value is -1.59. The number of hydrogen-bond donors (Lipinski definition) is 3. The maximum atomic E-state index is 10.3. The second-order valence-electron chi connectivity index (χ2n) is 1.89. The SMILES string of the molecule is NC(=O)C(CC(=O)O)C(=O)O. The number of hydrogen-bond acceptors (Lipinski definition) is 3. The van der Waals surface area contributed by atoms with Gasteiger partial charge in [-0.3, -0.25) is 14.4 Å². The van der Waals surface area contributed by atoms with Gasteiger partial charge in [-0.15, -0.1) is 0 Å². The highest BCUT2D eigenvalue weighted by Crippen LogP contribution is 2.01. The summed E-state index contributed by atoms with van der Waals surface area (Å²) in [5.41, 5.74) is 4.60. The van der Waals surface area contributed by atoms with E-state index in [-0.39, 0.29) is 0 Å². The van der Waals surface area contributed by atoms with Crippen molar-refractivity contribution in [2.45, 2.75) is 6.42 Å². The lowest BCUT2D eigenvalue weighted by atomic mass is 10.1. The number of nitrogens with two attached hydrogens (primary N) is 1. The molecule has 0 fully saturated rings. The molecule has 0 bridgehead atoms. The Labute approximate surface area is 61.6 Å². The van der Waals surface area contributed by atoms with E-state index in [9.17, 15) is 14.4 Å². The Morgan fingerprint density at radius 1 is 1.27 bits per heavy atom. The van der Waals surface area contributed by atoms with Gasteiger partial charge >= 0.3 is 11.9 Å². The van der Waals surface area contributed by atoms with Gasteiger partial charge in [0.1, 0.15) is 5.92 Å². The minimum atomic E-state index is -1.63. The van der Waals surface area contributed by atoms with Crippen molar-refractivity contribution in [3.05, 3.63) is 0 Å². The van der Waals surface area contributed by atoms with Crippen LogP contribution in [0.2, 0.25) is 0 Å². The minimum Gasteiger partial charge on any atom is -0.481 e. The van der Waals surface area contributed by atoms with Crippen molar-refractivity contribution in [3.8, 4) is 0 Å². The lowest BCUT2D eigenvalue weighted by Gasteiger charge is -2.02. The summed E-state index contributed by atoms with van der Waals surface area (Å²) in [4.78, 5) is 30.3. The number of carbonyl (C=O) groups is 3. The number of carboxylic acid groups (broad SMARTS) is 2. The molecule has 0 saturated heterocycles. The van der Waals surface area contributed by atoms with Crippen LogP contribution in [0.25, 0.3) is 0 Å². The van der Waals surface area contributed by atoms with Gasteiger partial charge in [-0.2, -0.15) is 0 Å². The Balaban J connectivity index is 4.23. The van der Waals surface area contributed by atoms with Crippen LogP contribution in [0.15, 0.2) is 0 Å². The average molecular weight is 161 g/mol. The van der Waals surface area contributed by atoms with E-state index in [1.807, 2.05) is 0 Å². The van der Waals surface area contributed by atoms with Crippen LogP contribution in [0, 0.1) is 5.92 Å². The third-order valence-corrected chi connectivity index (χ3v) is 1.02. The Kier molecular flexibility index (Phi) is 3.03. The highest BCUT2D eigenvalue weighted by molar-refractivity contribution is 5.98. The van der Waals surface area contributed by atoms with Crippen molar-refractivity contribution in [3.63, 3.8) is 0 Å².